The summed E-state index contributed by atoms with van der Waals surface area (Å²) in [6.07, 6.45) is 21.6. The molecule has 3 amide bonds. The number of ketones is 2. The number of nitro benzene ring substituents is 2. The van der Waals surface area contributed by atoms with Crippen molar-refractivity contribution < 1.29 is 62.2 Å². The van der Waals surface area contributed by atoms with Gasteiger partial charge >= 0.3 is 0 Å². The second-order valence-electron chi connectivity index (χ2n) is 30.4. The number of amides is 3. The first-order valence-corrected chi connectivity index (χ1v) is 41.0. The van der Waals surface area contributed by atoms with Crippen molar-refractivity contribution in [1.29, 1.82) is 0 Å². The third kappa shape index (κ3) is 22.9. The second kappa shape index (κ2) is 41.3. The number of likely N-dealkylation sites (N-methyl/N-ethyl adjacent to an activating group) is 3. The van der Waals surface area contributed by atoms with Gasteiger partial charge in [0.15, 0.2) is 46.1 Å². The van der Waals surface area contributed by atoms with E-state index in [4.69, 9.17) is 50.0 Å². The SMILES string of the molecule is CCC(=O)c1ccc(CN(Cc2ccc3c(c2)OCO3)C(=O)CC2CN(C)CCN2)c([N+](=O)[O-])c1.CCC(=O)c1ccc(CN(Cc2ccc3c(c2)OCO3)C(=O)CC2CN(C)CCN2c2ccnc(-n3ccnc3)n2)c([N+](=O)[O-])c1.CN1CCN(c2ccnc(-n3ccnc3)n2)C(CC(=O)NCc2ccc3c(c2)OCO3)C1.Clc1ccnc(-n2ccnc2)n1. The Hall–Kier alpha value is -14.0. The number of aromatic nitrogens is 12. The molecule has 3 fully saturated rings. The molecular formula is C86H94ClN23O15. The minimum absolute atomic E-state index is 0.0000384. The lowest BCUT2D eigenvalue weighted by Gasteiger charge is -2.41. The lowest BCUT2D eigenvalue weighted by atomic mass is 10.0. The summed E-state index contributed by atoms with van der Waals surface area (Å²) >= 11 is 5.68. The van der Waals surface area contributed by atoms with Crippen molar-refractivity contribution in [3.8, 4) is 52.3 Å². The van der Waals surface area contributed by atoms with Crippen molar-refractivity contribution in [2.45, 2.75) is 96.8 Å². The van der Waals surface area contributed by atoms with Crippen molar-refractivity contribution in [3.63, 3.8) is 0 Å². The van der Waals surface area contributed by atoms with Gasteiger partial charge in [0, 0.05) is 207 Å². The van der Waals surface area contributed by atoms with E-state index in [1.54, 1.807) is 148 Å². The summed E-state index contributed by atoms with van der Waals surface area (Å²) in [5, 5.41) is 30.8. The van der Waals surface area contributed by atoms with E-state index >= 15 is 0 Å². The zero-order valence-corrected chi connectivity index (χ0v) is 70.3. The number of hydrogen-bond donors (Lipinski definition) is 2. The zero-order chi connectivity index (χ0) is 87.5. The number of ether oxygens (including phenoxy) is 6. The van der Waals surface area contributed by atoms with Crippen LogP contribution in [0, 0.1) is 20.2 Å². The predicted octanol–water partition coefficient (Wildman–Crippen LogP) is 8.90. The summed E-state index contributed by atoms with van der Waals surface area (Å²) in [6, 6.07) is 30.7. The van der Waals surface area contributed by atoms with Crippen molar-refractivity contribution in [3.05, 3.63) is 248 Å². The van der Waals surface area contributed by atoms with E-state index in [9.17, 15) is 44.2 Å². The molecule has 11 aromatic rings. The van der Waals surface area contributed by atoms with Crippen LogP contribution in [0.25, 0.3) is 17.8 Å². The number of benzene rings is 5. The molecule has 39 heteroatoms. The maximum Gasteiger partial charge on any atom is 0.275 e. The molecule has 12 heterocycles. The van der Waals surface area contributed by atoms with Crippen LogP contribution in [-0.2, 0) is 47.1 Å². The Bertz CT molecular complexity index is 5620. The van der Waals surface area contributed by atoms with Crippen molar-refractivity contribution in [1.82, 2.24) is 93.7 Å². The third-order valence-electron chi connectivity index (χ3n) is 21.6. The van der Waals surface area contributed by atoms with E-state index in [-0.39, 0.29) is 137 Å². The van der Waals surface area contributed by atoms with Crippen molar-refractivity contribution >= 4 is 63.9 Å². The number of anilines is 2. The van der Waals surface area contributed by atoms with Gasteiger partial charge in [-0.2, -0.15) is 9.97 Å². The van der Waals surface area contributed by atoms with E-state index in [2.05, 4.69) is 77.1 Å². The Balaban J connectivity index is 0.000000144. The number of nitrogens with one attached hydrogen (secondary N) is 2. The monoisotopic (exact) mass is 1720 g/mol. The van der Waals surface area contributed by atoms with E-state index < -0.39 is 9.85 Å². The van der Waals surface area contributed by atoms with Gasteiger partial charge in [-0.15, -0.1) is 0 Å². The number of hydrogen-bond acceptors (Lipinski definition) is 30. The summed E-state index contributed by atoms with van der Waals surface area (Å²) in [5.41, 5.74) is 3.52. The van der Waals surface area contributed by atoms with Crippen LogP contribution in [0.3, 0.4) is 0 Å². The second-order valence-corrected chi connectivity index (χ2v) is 30.7. The number of rotatable bonds is 27. The molecule has 0 aliphatic carbocycles. The highest BCUT2D eigenvalue weighted by molar-refractivity contribution is 6.29. The molecule has 0 radical (unpaired) electrons. The maximum atomic E-state index is 14.2. The molecular weight excluding hydrogens is 1630 g/mol. The minimum Gasteiger partial charge on any atom is -0.454 e. The number of carbonyl (C=O) groups is 5. The molecule has 5 aromatic carbocycles. The van der Waals surface area contributed by atoms with E-state index in [1.165, 1.54) is 12.1 Å². The normalized spacial score (nSPS) is 16.3. The highest BCUT2D eigenvalue weighted by Gasteiger charge is 2.35. The molecule has 3 saturated heterocycles. The molecule has 0 bridgehead atoms. The molecule has 3 atom stereocenters. The number of nitrogens with zero attached hydrogens (tertiary/aromatic N) is 21. The van der Waals surface area contributed by atoms with E-state index in [1.807, 2.05) is 74.9 Å². The number of Topliss-reactive ketones (excluding diaryl/α,β-unsaturated/α-hetero) is 2. The van der Waals surface area contributed by atoms with Crippen LogP contribution >= 0.6 is 11.6 Å². The van der Waals surface area contributed by atoms with Gasteiger partial charge < -0.3 is 73.4 Å². The van der Waals surface area contributed by atoms with Crippen LogP contribution in [0.5, 0.6) is 34.5 Å². The van der Waals surface area contributed by atoms with Crippen LogP contribution in [-0.4, -0.2) is 241 Å². The molecule has 17 rings (SSSR count). The molecule has 0 spiro atoms. The van der Waals surface area contributed by atoms with Gasteiger partial charge in [-0.05, 0) is 105 Å². The Morgan fingerprint density at radius 3 is 1.34 bits per heavy atom. The number of nitro groups is 2. The number of imidazole rings is 3. The Kier molecular flexibility index (Phi) is 28.9. The highest BCUT2D eigenvalue weighted by atomic mass is 35.5. The number of fused-ring (bicyclic) bond motifs is 3. The largest absolute Gasteiger partial charge is 0.454 e. The quantitative estimate of drug-likeness (QED) is 0.0210. The molecule has 3 unspecified atom stereocenters. The molecule has 2 N–H and O–H groups in total. The van der Waals surface area contributed by atoms with Gasteiger partial charge in [0.05, 0.1) is 35.0 Å². The van der Waals surface area contributed by atoms with Gasteiger partial charge in [-0.25, -0.2) is 34.9 Å². The summed E-state index contributed by atoms with van der Waals surface area (Å²) < 4.78 is 37.8. The summed E-state index contributed by atoms with van der Waals surface area (Å²) in [5.74, 6) is 6.32. The first-order chi connectivity index (χ1) is 60.6. The smallest absolute Gasteiger partial charge is 0.275 e. The standard InChI is InChI=1S/C32H34N8O6.C25H30N4O6.C22H25N7O3.C7H5ClN4/c1-3-27(41)23-5-6-24(26(15-23)40(43)44)18-38(17-22-4-7-28-29(14-22)46-21-45-28)31(42)16-25-19-36(2)12-13-39(25)30-8-9-34-32(35-30)37-11-10-33-20-37;1-3-22(30)18-5-6-19(21(11-18)29(32)33)14-28(25(31)12-20-15-27(2)9-8-26-20)13-17-4-7-23-24(10-17)35-16-34-23;1-27-8-9-29(20-4-5-24-22(26-20)28-7-6-23-14-28)17(13-27)11-21(30)25-12-16-2-3-18-19(10-16)32-15-31-18;8-6-1-2-10-7(11-6)12-4-3-9-5-12/h4-11,14-15,20,25H,3,12-13,16-19,21H2,1-2H3;4-7,10-11,20,26H,3,8-9,12-16H2,1-2H3;2-7,10,14,17H,8-9,11-13,15H2,1H3,(H,25,30);1-5H. The molecule has 0 saturated carbocycles. The lowest BCUT2D eigenvalue weighted by molar-refractivity contribution is -0.385. The average Bonchev–Trinajstić information content (AvgIpc) is 0.946. The third-order valence-corrected chi connectivity index (χ3v) is 21.8. The Labute approximate surface area is 724 Å². The van der Waals surface area contributed by atoms with Gasteiger partial charge in [0.1, 0.15) is 35.8 Å². The fourth-order valence-electron chi connectivity index (χ4n) is 15.0. The van der Waals surface area contributed by atoms with Crippen LogP contribution in [0.1, 0.15) is 94.5 Å². The first-order valence-electron chi connectivity index (χ1n) is 40.6. The summed E-state index contributed by atoms with van der Waals surface area (Å²) in [4.78, 5) is 140. The molecule has 38 nitrogen and oxygen atoms in total. The summed E-state index contributed by atoms with van der Waals surface area (Å²) in [7, 11) is 6.11. The summed E-state index contributed by atoms with van der Waals surface area (Å²) in [6.45, 7) is 11.8. The van der Waals surface area contributed by atoms with Crippen LogP contribution < -0.4 is 48.9 Å². The van der Waals surface area contributed by atoms with Crippen molar-refractivity contribution in [2.75, 3.05) is 110 Å². The van der Waals surface area contributed by atoms with Gasteiger partial charge in [-0.3, -0.25) is 57.9 Å². The molecule has 6 aliphatic heterocycles. The highest BCUT2D eigenvalue weighted by Crippen LogP contribution is 2.37. The van der Waals surface area contributed by atoms with Crippen LogP contribution in [0.4, 0.5) is 23.0 Å². The number of halogens is 1. The van der Waals surface area contributed by atoms with Gasteiger partial charge in [0.25, 0.3) is 11.4 Å². The predicted molar refractivity (Wildman–Crippen MR) is 456 cm³/mol. The zero-order valence-electron chi connectivity index (χ0n) is 69.5. The topological polar surface area (TPSA) is 405 Å². The molecule has 6 aliphatic rings. The van der Waals surface area contributed by atoms with E-state index in [0.29, 0.717) is 100 Å². The molecule has 6 aromatic heterocycles. The van der Waals surface area contributed by atoms with Gasteiger partial charge in [-0.1, -0.05) is 55.8 Å². The van der Waals surface area contributed by atoms with E-state index in [0.717, 1.165) is 74.1 Å². The number of carbonyl (C=O) groups excluding carboxylic acids is 5. The van der Waals surface area contributed by atoms with Crippen LogP contribution in [0.15, 0.2) is 184 Å². The average molecular weight is 1730 g/mol. The minimum atomic E-state index is -0.504. The Morgan fingerprint density at radius 1 is 0.480 bits per heavy atom. The molecule has 650 valence electrons. The number of piperazine rings is 3. The lowest BCUT2D eigenvalue weighted by Crippen LogP contribution is -2.54. The molecule has 125 heavy (non-hydrogen) atoms. The van der Waals surface area contributed by atoms with Gasteiger partial charge in [0.2, 0.25) is 55.9 Å². The van der Waals surface area contributed by atoms with Crippen LogP contribution in [0.2, 0.25) is 5.15 Å². The fourth-order valence-corrected chi connectivity index (χ4v) is 15.2. The first kappa shape index (κ1) is 87.4. The Morgan fingerprint density at radius 2 is 0.904 bits per heavy atom. The fraction of sp³-hybridized carbons (Fsp3) is 0.349. The van der Waals surface area contributed by atoms with Crippen molar-refractivity contribution in [2.24, 2.45) is 0 Å². The maximum absolute atomic E-state index is 14.2.